The van der Waals surface area contributed by atoms with Gasteiger partial charge in [0.05, 0.1) is 16.4 Å². The summed E-state index contributed by atoms with van der Waals surface area (Å²) in [7, 11) is 0. The number of para-hydroxylation sites is 1. The zero-order valence-electron chi connectivity index (χ0n) is 12.1. The van der Waals surface area contributed by atoms with Crippen LogP contribution in [0.1, 0.15) is 23.2 Å². The van der Waals surface area contributed by atoms with E-state index < -0.39 is 0 Å². The first-order chi connectivity index (χ1) is 10.3. The molecule has 0 unspecified atom stereocenters. The molecule has 0 radical (unpaired) electrons. The normalized spacial score (nSPS) is 11.0. The lowest BCUT2D eigenvalue weighted by molar-refractivity contribution is 0.887. The van der Waals surface area contributed by atoms with Crippen LogP contribution in [-0.4, -0.2) is 14.5 Å². The summed E-state index contributed by atoms with van der Waals surface area (Å²) >= 11 is 3.47. The molecule has 0 N–H and O–H groups in total. The smallest absolute Gasteiger partial charge is 0.172 e. The van der Waals surface area contributed by atoms with Crippen LogP contribution in [0.3, 0.4) is 0 Å². The molecule has 108 valence electrons. The second kappa shape index (κ2) is 6.45. The third-order valence-electron chi connectivity index (χ3n) is 3.23. The number of nitrogens with zero attached hydrogens (tertiary/aromatic N) is 3. The standard InChI is InChI=1S/C16H17N3S2/c1-3-15-18-13(10-20-15)11-21-16-17-8-9-19(16)14-7-5-4-6-12(14)2/h4-10H,3,11H2,1-2H3. The summed E-state index contributed by atoms with van der Waals surface area (Å²) in [6, 6.07) is 8.37. The van der Waals surface area contributed by atoms with E-state index in [2.05, 4.69) is 58.0 Å². The lowest BCUT2D eigenvalue weighted by Gasteiger charge is -2.09. The molecule has 3 rings (SSSR count). The maximum atomic E-state index is 4.61. The Hall–Kier alpha value is -1.59. The quantitative estimate of drug-likeness (QED) is 0.650. The van der Waals surface area contributed by atoms with Gasteiger partial charge in [-0.1, -0.05) is 36.9 Å². The summed E-state index contributed by atoms with van der Waals surface area (Å²) in [5.74, 6) is 0.861. The van der Waals surface area contributed by atoms with E-state index in [-0.39, 0.29) is 0 Å². The molecule has 0 spiro atoms. The van der Waals surface area contributed by atoms with Gasteiger partial charge in [0, 0.05) is 23.5 Å². The average Bonchev–Trinajstić information content (AvgIpc) is 3.14. The molecule has 21 heavy (non-hydrogen) atoms. The van der Waals surface area contributed by atoms with Gasteiger partial charge in [-0.15, -0.1) is 11.3 Å². The van der Waals surface area contributed by atoms with Crippen LogP contribution in [0.5, 0.6) is 0 Å². The minimum Gasteiger partial charge on any atom is -0.295 e. The van der Waals surface area contributed by atoms with Crippen molar-refractivity contribution < 1.29 is 0 Å². The Morgan fingerprint density at radius 3 is 2.90 bits per heavy atom. The zero-order valence-corrected chi connectivity index (χ0v) is 13.7. The van der Waals surface area contributed by atoms with Crippen molar-refractivity contribution in [2.45, 2.75) is 31.2 Å². The lowest BCUT2D eigenvalue weighted by Crippen LogP contribution is -1.97. The Morgan fingerprint density at radius 2 is 2.14 bits per heavy atom. The number of thiazole rings is 1. The molecule has 3 aromatic rings. The molecule has 0 bridgehead atoms. The summed E-state index contributed by atoms with van der Waals surface area (Å²) in [5, 5.41) is 4.36. The van der Waals surface area contributed by atoms with Gasteiger partial charge in [-0.05, 0) is 25.0 Å². The van der Waals surface area contributed by atoms with Crippen molar-refractivity contribution in [3.63, 3.8) is 0 Å². The number of hydrogen-bond acceptors (Lipinski definition) is 4. The van der Waals surface area contributed by atoms with Crippen LogP contribution in [0.25, 0.3) is 5.69 Å². The van der Waals surface area contributed by atoms with E-state index >= 15 is 0 Å². The van der Waals surface area contributed by atoms with E-state index in [1.807, 2.05) is 12.4 Å². The molecule has 0 aliphatic carbocycles. The van der Waals surface area contributed by atoms with Crippen molar-refractivity contribution in [1.82, 2.24) is 14.5 Å². The van der Waals surface area contributed by atoms with Crippen LogP contribution in [0, 0.1) is 6.92 Å². The maximum Gasteiger partial charge on any atom is 0.172 e. The van der Waals surface area contributed by atoms with Crippen molar-refractivity contribution in [2.24, 2.45) is 0 Å². The van der Waals surface area contributed by atoms with Gasteiger partial charge in [0.25, 0.3) is 0 Å². The van der Waals surface area contributed by atoms with E-state index in [4.69, 9.17) is 0 Å². The fraction of sp³-hybridized carbons (Fsp3) is 0.250. The van der Waals surface area contributed by atoms with Crippen molar-refractivity contribution in [1.29, 1.82) is 0 Å². The van der Waals surface area contributed by atoms with Crippen LogP contribution in [0.4, 0.5) is 0 Å². The SMILES string of the molecule is CCc1nc(CSc2nccn2-c2ccccc2C)cs1. The van der Waals surface area contributed by atoms with Crippen LogP contribution in [0.15, 0.2) is 47.2 Å². The number of aryl methyl sites for hydroxylation is 2. The Morgan fingerprint density at radius 1 is 1.29 bits per heavy atom. The number of imidazole rings is 1. The first-order valence-electron chi connectivity index (χ1n) is 6.93. The topological polar surface area (TPSA) is 30.7 Å². The fourth-order valence-corrected chi connectivity index (χ4v) is 3.84. The van der Waals surface area contributed by atoms with E-state index in [0.29, 0.717) is 0 Å². The molecule has 0 saturated heterocycles. The summed E-state index contributed by atoms with van der Waals surface area (Å²) < 4.78 is 2.15. The highest BCUT2D eigenvalue weighted by atomic mass is 32.2. The number of rotatable bonds is 5. The molecule has 2 heterocycles. The van der Waals surface area contributed by atoms with Crippen LogP contribution in [0.2, 0.25) is 0 Å². The number of benzene rings is 1. The predicted octanol–water partition coefficient (Wildman–Crippen LogP) is 4.49. The molecule has 0 aliphatic rings. The second-order valence-electron chi connectivity index (χ2n) is 4.74. The monoisotopic (exact) mass is 315 g/mol. The Kier molecular flexibility index (Phi) is 4.41. The van der Waals surface area contributed by atoms with E-state index in [1.165, 1.54) is 16.3 Å². The largest absolute Gasteiger partial charge is 0.295 e. The number of aromatic nitrogens is 3. The van der Waals surface area contributed by atoms with Gasteiger partial charge >= 0.3 is 0 Å². The molecular formula is C16H17N3S2. The third kappa shape index (κ3) is 3.19. The average molecular weight is 315 g/mol. The molecule has 1 aromatic carbocycles. The van der Waals surface area contributed by atoms with Crippen molar-refractivity contribution in [2.75, 3.05) is 0 Å². The first-order valence-corrected chi connectivity index (χ1v) is 8.80. The minimum absolute atomic E-state index is 0.861. The van der Waals surface area contributed by atoms with Gasteiger partial charge < -0.3 is 0 Å². The molecule has 0 aliphatic heterocycles. The zero-order chi connectivity index (χ0) is 14.7. The highest BCUT2D eigenvalue weighted by Gasteiger charge is 2.09. The lowest BCUT2D eigenvalue weighted by atomic mass is 10.2. The molecule has 0 amide bonds. The van der Waals surface area contributed by atoms with Gasteiger partial charge in [0.1, 0.15) is 0 Å². The summed E-state index contributed by atoms with van der Waals surface area (Å²) in [6.07, 6.45) is 4.88. The van der Waals surface area contributed by atoms with Crippen LogP contribution < -0.4 is 0 Å². The number of hydrogen-bond donors (Lipinski definition) is 0. The summed E-state index contributed by atoms with van der Waals surface area (Å²) in [6.45, 7) is 4.26. The first kappa shape index (κ1) is 14.4. The predicted molar refractivity (Wildman–Crippen MR) is 89.4 cm³/mol. The van der Waals surface area contributed by atoms with E-state index in [1.54, 1.807) is 23.1 Å². The van der Waals surface area contributed by atoms with Crippen LogP contribution in [-0.2, 0) is 12.2 Å². The number of thioether (sulfide) groups is 1. The van der Waals surface area contributed by atoms with Gasteiger partial charge in [0.2, 0.25) is 0 Å². The van der Waals surface area contributed by atoms with Gasteiger partial charge in [0.15, 0.2) is 5.16 Å². The maximum absolute atomic E-state index is 4.61. The van der Waals surface area contributed by atoms with Gasteiger partial charge in [-0.3, -0.25) is 4.57 Å². The molecule has 2 aromatic heterocycles. The summed E-state index contributed by atoms with van der Waals surface area (Å²) in [5.41, 5.74) is 3.57. The second-order valence-corrected chi connectivity index (χ2v) is 6.63. The van der Waals surface area contributed by atoms with E-state index in [0.717, 1.165) is 23.0 Å². The molecular weight excluding hydrogens is 298 g/mol. The van der Waals surface area contributed by atoms with Crippen molar-refractivity contribution in [3.05, 3.63) is 58.3 Å². The van der Waals surface area contributed by atoms with Crippen molar-refractivity contribution >= 4 is 23.1 Å². The molecule has 0 atom stereocenters. The third-order valence-corrected chi connectivity index (χ3v) is 5.28. The van der Waals surface area contributed by atoms with Gasteiger partial charge in [-0.2, -0.15) is 0 Å². The molecule has 0 saturated carbocycles. The molecule has 5 heteroatoms. The Balaban J connectivity index is 1.78. The van der Waals surface area contributed by atoms with E-state index in [9.17, 15) is 0 Å². The highest BCUT2D eigenvalue weighted by Crippen LogP contribution is 2.26. The highest BCUT2D eigenvalue weighted by molar-refractivity contribution is 7.98. The fourth-order valence-electron chi connectivity index (χ4n) is 2.13. The van der Waals surface area contributed by atoms with Crippen molar-refractivity contribution in [3.8, 4) is 5.69 Å². The minimum atomic E-state index is 0.861. The Bertz CT molecular complexity index is 730. The Labute approximate surface area is 133 Å². The summed E-state index contributed by atoms with van der Waals surface area (Å²) in [4.78, 5) is 9.09. The van der Waals surface area contributed by atoms with Crippen LogP contribution >= 0.6 is 23.1 Å². The molecule has 0 fully saturated rings. The molecule has 3 nitrogen and oxygen atoms in total. The van der Waals surface area contributed by atoms with Gasteiger partial charge in [-0.25, -0.2) is 9.97 Å².